The van der Waals surface area contributed by atoms with Crippen LogP contribution in [0.15, 0.2) is 53.4 Å². The molecular weight excluding hydrogens is 412 g/mol. The number of amides is 1. The molecule has 2 aromatic rings. The second-order valence-corrected chi connectivity index (χ2v) is 10.3. The minimum absolute atomic E-state index is 0.253. The van der Waals surface area contributed by atoms with Crippen molar-refractivity contribution in [3.8, 4) is 5.75 Å². The second kappa shape index (κ2) is 10.8. The zero-order valence-electron chi connectivity index (χ0n) is 18.3. The third-order valence-corrected chi connectivity index (χ3v) is 7.31. The van der Waals surface area contributed by atoms with Crippen molar-refractivity contribution in [1.29, 1.82) is 0 Å². The van der Waals surface area contributed by atoms with E-state index in [0.717, 1.165) is 37.9 Å². The third kappa shape index (κ3) is 6.55. The molecule has 0 aliphatic carbocycles. The van der Waals surface area contributed by atoms with Crippen LogP contribution in [0.3, 0.4) is 0 Å². The summed E-state index contributed by atoms with van der Waals surface area (Å²) in [6.07, 6.45) is 4.92. The topological polar surface area (TPSA) is 75.7 Å². The molecule has 0 radical (unpaired) electrons. The molecule has 2 aromatic carbocycles. The maximum Gasteiger partial charge on any atom is 0.255 e. The van der Waals surface area contributed by atoms with Crippen LogP contribution in [-0.4, -0.2) is 38.3 Å². The second-order valence-electron chi connectivity index (χ2n) is 8.35. The summed E-state index contributed by atoms with van der Waals surface area (Å²) in [6.45, 7) is 6.08. The van der Waals surface area contributed by atoms with Crippen LogP contribution in [0.4, 0.5) is 5.69 Å². The van der Waals surface area contributed by atoms with Crippen molar-refractivity contribution >= 4 is 21.6 Å². The Labute approximate surface area is 185 Å². The molecule has 1 N–H and O–H groups in total. The number of hydrogen-bond donors (Lipinski definition) is 1. The van der Waals surface area contributed by atoms with E-state index in [1.807, 2.05) is 0 Å². The molecule has 1 heterocycles. The molecule has 0 unspecified atom stereocenters. The molecule has 0 bridgehead atoms. The number of ether oxygens (including phenoxy) is 1. The predicted octanol–water partition coefficient (Wildman–Crippen LogP) is 4.93. The number of nitrogens with one attached hydrogen (secondary N) is 1. The molecule has 6 nitrogen and oxygen atoms in total. The number of rotatable bonds is 8. The molecular formula is C24H32N2O4S. The van der Waals surface area contributed by atoms with Crippen molar-refractivity contribution in [2.24, 2.45) is 5.92 Å². The fraction of sp³-hybridized carbons (Fsp3) is 0.458. The molecule has 1 fully saturated rings. The average Bonchev–Trinajstić information content (AvgIpc) is 3.04. The largest absolute Gasteiger partial charge is 0.494 e. The number of nitrogens with zero attached hydrogens (tertiary/aromatic N) is 1. The van der Waals surface area contributed by atoms with Gasteiger partial charge in [0.05, 0.1) is 11.5 Å². The molecule has 0 atom stereocenters. The van der Waals surface area contributed by atoms with E-state index < -0.39 is 10.0 Å². The first-order valence-corrected chi connectivity index (χ1v) is 12.4. The molecule has 168 valence electrons. The van der Waals surface area contributed by atoms with Gasteiger partial charge in [-0.05, 0) is 73.7 Å². The van der Waals surface area contributed by atoms with Crippen LogP contribution in [0.2, 0.25) is 0 Å². The zero-order valence-corrected chi connectivity index (χ0v) is 19.2. The van der Waals surface area contributed by atoms with Crippen molar-refractivity contribution in [3.05, 3.63) is 54.1 Å². The number of benzene rings is 2. The van der Waals surface area contributed by atoms with Gasteiger partial charge in [-0.25, -0.2) is 8.42 Å². The number of hydrogen-bond acceptors (Lipinski definition) is 4. The van der Waals surface area contributed by atoms with Crippen molar-refractivity contribution < 1.29 is 17.9 Å². The first-order valence-electron chi connectivity index (χ1n) is 11.0. The van der Waals surface area contributed by atoms with E-state index in [2.05, 4.69) is 19.2 Å². The Hall–Kier alpha value is -2.38. The third-order valence-electron chi connectivity index (χ3n) is 5.40. The Morgan fingerprint density at radius 2 is 1.58 bits per heavy atom. The van der Waals surface area contributed by atoms with Crippen LogP contribution in [0.5, 0.6) is 5.75 Å². The molecule has 31 heavy (non-hydrogen) atoms. The van der Waals surface area contributed by atoms with Crippen LogP contribution >= 0.6 is 0 Å². The first-order chi connectivity index (χ1) is 14.9. The van der Waals surface area contributed by atoms with E-state index >= 15 is 0 Å². The lowest BCUT2D eigenvalue weighted by atomic mass is 10.1. The summed E-state index contributed by atoms with van der Waals surface area (Å²) in [5.74, 6) is 1.06. The maximum atomic E-state index is 12.9. The molecule has 1 aliphatic heterocycles. The lowest BCUT2D eigenvalue weighted by Gasteiger charge is -2.20. The summed E-state index contributed by atoms with van der Waals surface area (Å²) in [7, 11) is -3.49. The Balaban J connectivity index is 1.59. The first kappa shape index (κ1) is 23.3. The molecule has 7 heteroatoms. The highest BCUT2D eigenvalue weighted by Crippen LogP contribution is 2.22. The van der Waals surface area contributed by atoms with E-state index in [9.17, 15) is 13.2 Å². The quantitative estimate of drug-likeness (QED) is 0.626. The highest BCUT2D eigenvalue weighted by Gasteiger charge is 2.25. The highest BCUT2D eigenvalue weighted by molar-refractivity contribution is 7.89. The van der Waals surface area contributed by atoms with Crippen LogP contribution in [-0.2, 0) is 10.0 Å². The van der Waals surface area contributed by atoms with E-state index in [0.29, 0.717) is 36.9 Å². The van der Waals surface area contributed by atoms with Crippen LogP contribution in [0.1, 0.15) is 56.3 Å². The van der Waals surface area contributed by atoms with Crippen molar-refractivity contribution in [1.82, 2.24) is 4.31 Å². The van der Waals surface area contributed by atoms with E-state index in [1.165, 1.54) is 0 Å². The van der Waals surface area contributed by atoms with Crippen molar-refractivity contribution in [3.63, 3.8) is 0 Å². The fourth-order valence-corrected chi connectivity index (χ4v) is 4.98. The maximum absolute atomic E-state index is 12.9. The summed E-state index contributed by atoms with van der Waals surface area (Å²) < 4.78 is 33.0. The zero-order chi connectivity index (χ0) is 22.3. The number of anilines is 1. The molecule has 1 aliphatic rings. The van der Waals surface area contributed by atoms with Gasteiger partial charge in [-0.15, -0.1) is 0 Å². The summed E-state index contributed by atoms with van der Waals surface area (Å²) in [5, 5.41) is 2.82. The van der Waals surface area contributed by atoms with Gasteiger partial charge in [-0.3, -0.25) is 4.79 Å². The molecule has 0 spiro atoms. The van der Waals surface area contributed by atoms with E-state index in [-0.39, 0.29) is 10.8 Å². The number of carbonyl (C=O) groups excluding carboxylic acids is 1. The normalized spacial score (nSPS) is 15.5. The minimum atomic E-state index is -3.49. The summed E-state index contributed by atoms with van der Waals surface area (Å²) >= 11 is 0. The van der Waals surface area contributed by atoms with Crippen molar-refractivity contribution in [2.45, 2.75) is 50.8 Å². The van der Waals surface area contributed by atoms with Gasteiger partial charge in [0.1, 0.15) is 5.75 Å². The minimum Gasteiger partial charge on any atom is -0.494 e. The predicted molar refractivity (Wildman–Crippen MR) is 123 cm³/mol. The molecule has 3 rings (SSSR count). The molecule has 1 saturated heterocycles. The smallest absolute Gasteiger partial charge is 0.255 e. The Kier molecular flexibility index (Phi) is 8.09. The Morgan fingerprint density at radius 3 is 2.16 bits per heavy atom. The van der Waals surface area contributed by atoms with Gasteiger partial charge in [-0.2, -0.15) is 4.31 Å². The van der Waals surface area contributed by atoms with Crippen LogP contribution in [0.25, 0.3) is 0 Å². The number of sulfonamides is 1. The van der Waals surface area contributed by atoms with Crippen LogP contribution in [0, 0.1) is 5.92 Å². The fourth-order valence-electron chi connectivity index (χ4n) is 3.46. The lowest BCUT2D eigenvalue weighted by Crippen LogP contribution is -2.31. The van der Waals surface area contributed by atoms with E-state index in [4.69, 9.17) is 4.74 Å². The lowest BCUT2D eigenvalue weighted by molar-refractivity contribution is 0.102. The Bertz CT molecular complexity index is 946. The number of carbonyl (C=O) groups is 1. The molecule has 1 amide bonds. The average molecular weight is 445 g/mol. The monoisotopic (exact) mass is 444 g/mol. The summed E-state index contributed by atoms with van der Waals surface area (Å²) in [6, 6.07) is 13.4. The van der Waals surface area contributed by atoms with Gasteiger partial charge in [0.25, 0.3) is 5.91 Å². The van der Waals surface area contributed by atoms with Gasteiger partial charge in [0.2, 0.25) is 10.0 Å². The van der Waals surface area contributed by atoms with Gasteiger partial charge in [0, 0.05) is 24.3 Å². The van der Waals surface area contributed by atoms with Gasteiger partial charge >= 0.3 is 0 Å². The SMILES string of the molecule is CC(C)CCOc1ccc(C(=O)Nc2ccc(S(=O)(=O)N3CCCCCC3)cc2)cc1. The Morgan fingerprint density at radius 1 is 0.968 bits per heavy atom. The van der Waals surface area contributed by atoms with Gasteiger partial charge < -0.3 is 10.1 Å². The van der Waals surface area contributed by atoms with Gasteiger partial charge in [0.15, 0.2) is 0 Å². The van der Waals surface area contributed by atoms with Crippen molar-refractivity contribution in [2.75, 3.05) is 25.0 Å². The highest BCUT2D eigenvalue weighted by atomic mass is 32.2. The summed E-state index contributed by atoms with van der Waals surface area (Å²) in [5.41, 5.74) is 1.06. The molecule has 0 saturated carbocycles. The van der Waals surface area contributed by atoms with Crippen LogP contribution < -0.4 is 10.1 Å². The molecule has 0 aromatic heterocycles. The standard InChI is InChI=1S/C24H32N2O4S/c1-19(2)15-18-30-22-11-7-20(8-12-22)24(27)25-21-9-13-23(14-10-21)31(28,29)26-16-5-3-4-6-17-26/h7-14,19H,3-6,15-18H2,1-2H3,(H,25,27). The van der Waals surface area contributed by atoms with E-state index in [1.54, 1.807) is 52.8 Å². The van der Waals surface area contributed by atoms with Gasteiger partial charge in [-0.1, -0.05) is 26.7 Å². The summed E-state index contributed by atoms with van der Waals surface area (Å²) in [4.78, 5) is 12.8.